The standard InChI is InChI=1S/C29H33FN4O4S.2H2/c1-17(2)16-38-21-13-19(12-20(30)14-21)24-10-9-22(27(32-24)23-11-18(3)15-29(23,4)5)28(35)34-39(36,37)26-8-6-7-25(31)33-26;;/h6-14,17-18H,15-16H2,1-5H3,(H2,31,33)(H,34,35);2*1H. The van der Waals surface area contributed by atoms with Crippen molar-refractivity contribution in [1.82, 2.24) is 14.7 Å². The first-order chi connectivity index (χ1) is 18.2. The molecule has 3 N–H and O–H groups in total. The van der Waals surface area contributed by atoms with Crippen LogP contribution in [0, 0.1) is 23.1 Å². The van der Waals surface area contributed by atoms with Gasteiger partial charge in [-0.3, -0.25) is 4.79 Å². The molecule has 1 aliphatic rings. The lowest BCUT2D eigenvalue weighted by Gasteiger charge is -2.24. The number of nitrogens with one attached hydrogen (secondary N) is 1. The number of carbonyl (C=O) groups is 1. The number of ether oxygens (including phenoxy) is 1. The molecule has 1 unspecified atom stereocenters. The number of carbonyl (C=O) groups excluding carboxylic acids is 1. The van der Waals surface area contributed by atoms with Crippen LogP contribution >= 0.6 is 0 Å². The summed E-state index contributed by atoms with van der Waals surface area (Å²) in [7, 11) is -4.30. The minimum Gasteiger partial charge on any atom is -0.493 e. The van der Waals surface area contributed by atoms with E-state index in [-0.39, 0.29) is 36.5 Å². The van der Waals surface area contributed by atoms with Crippen molar-refractivity contribution in [3.8, 4) is 17.0 Å². The van der Waals surface area contributed by atoms with Crippen LogP contribution < -0.4 is 15.2 Å². The number of nitrogen functional groups attached to an aromatic ring is 1. The lowest BCUT2D eigenvalue weighted by Crippen LogP contribution is -2.32. The molecule has 210 valence electrons. The Morgan fingerprint density at radius 3 is 2.59 bits per heavy atom. The van der Waals surface area contributed by atoms with Gasteiger partial charge >= 0.3 is 0 Å². The zero-order valence-electron chi connectivity index (χ0n) is 22.7. The van der Waals surface area contributed by atoms with Crippen LogP contribution in [0.15, 0.2) is 59.6 Å². The second kappa shape index (κ2) is 10.8. The van der Waals surface area contributed by atoms with Crippen molar-refractivity contribution < 1.29 is 25.2 Å². The van der Waals surface area contributed by atoms with Crippen molar-refractivity contribution >= 4 is 27.3 Å². The molecule has 0 radical (unpaired) electrons. The summed E-state index contributed by atoms with van der Waals surface area (Å²) >= 11 is 0. The van der Waals surface area contributed by atoms with Crippen LogP contribution in [0.4, 0.5) is 10.2 Å². The van der Waals surface area contributed by atoms with Crippen LogP contribution in [0.25, 0.3) is 16.8 Å². The summed E-state index contributed by atoms with van der Waals surface area (Å²) in [4.78, 5) is 22.0. The van der Waals surface area contributed by atoms with Gasteiger partial charge in [0.15, 0.2) is 5.03 Å². The van der Waals surface area contributed by atoms with E-state index in [4.69, 9.17) is 15.5 Å². The number of hydrogen-bond donors (Lipinski definition) is 2. The summed E-state index contributed by atoms with van der Waals surface area (Å²) in [6.45, 7) is 10.6. The van der Waals surface area contributed by atoms with Crippen molar-refractivity contribution in [2.24, 2.45) is 17.3 Å². The molecule has 1 aromatic carbocycles. The van der Waals surface area contributed by atoms with Crippen LogP contribution in [-0.2, 0) is 10.0 Å². The topological polar surface area (TPSA) is 124 Å². The van der Waals surface area contributed by atoms with Gasteiger partial charge in [0.1, 0.15) is 17.4 Å². The van der Waals surface area contributed by atoms with Crippen LogP contribution in [0.1, 0.15) is 59.9 Å². The highest BCUT2D eigenvalue weighted by Gasteiger charge is 2.35. The quantitative estimate of drug-likeness (QED) is 0.351. The Morgan fingerprint density at radius 1 is 1.21 bits per heavy atom. The Hall–Kier alpha value is -3.79. The predicted molar refractivity (Wildman–Crippen MR) is 153 cm³/mol. The summed E-state index contributed by atoms with van der Waals surface area (Å²) in [5.41, 5.74) is 7.43. The van der Waals surface area contributed by atoms with Gasteiger partial charge in [0.2, 0.25) is 0 Å². The number of allylic oxidation sites excluding steroid dienone is 2. The first-order valence-corrected chi connectivity index (χ1v) is 14.2. The fourth-order valence-corrected chi connectivity index (χ4v) is 5.70. The molecule has 0 fully saturated rings. The van der Waals surface area contributed by atoms with Gasteiger partial charge in [0.25, 0.3) is 15.9 Å². The van der Waals surface area contributed by atoms with Crippen LogP contribution in [0.2, 0.25) is 0 Å². The monoisotopic (exact) mass is 556 g/mol. The van der Waals surface area contributed by atoms with E-state index in [1.54, 1.807) is 12.1 Å². The van der Waals surface area contributed by atoms with Gasteiger partial charge in [0, 0.05) is 14.5 Å². The van der Waals surface area contributed by atoms with Crippen molar-refractivity contribution in [2.75, 3.05) is 12.3 Å². The van der Waals surface area contributed by atoms with Crippen molar-refractivity contribution in [1.29, 1.82) is 0 Å². The highest BCUT2D eigenvalue weighted by molar-refractivity contribution is 7.90. The second-order valence-corrected chi connectivity index (χ2v) is 12.6. The Morgan fingerprint density at radius 2 is 1.95 bits per heavy atom. The van der Waals surface area contributed by atoms with E-state index in [0.29, 0.717) is 29.3 Å². The lowest BCUT2D eigenvalue weighted by atomic mass is 9.82. The molecular formula is C29H37FN4O4S. The molecule has 39 heavy (non-hydrogen) atoms. The van der Waals surface area contributed by atoms with Gasteiger partial charge in [-0.15, -0.1) is 0 Å². The maximum absolute atomic E-state index is 14.5. The zero-order chi connectivity index (χ0) is 28.5. The van der Waals surface area contributed by atoms with Gasteiger partial charge in [-0.25, -0.2) is 19.1 Å². The summed E-state index contributed by atoms with van der Waals surface area (Å²) in [5.74, 6) is -0.469. The molecule has 0 aliphatic heterocycles. The number of aromatic nitrogens is 2. The summed E-state index contributed by atoms with van der Waals surface area (Å²) in [5, 5.41) is -0.371. The molecule has 2 heterocycles. The minimum absolute atomic E-state index is 0. The van der Waals surface area contributed by atoms with E-state index >= 15 is 0 Å². The third-order valence-electron chi connectivity index (χ3n) is 6.41. The average molecular weight is 557 g/mol. The fourth-order valence-electron chi connectivity index (χ4n) is 4.76. The molecule has 3 aromatic rings. The van der Waals surface area contributed by atoms with E-state index in [2.05, 4.69) is 16.6 Å². The normalized spacial score (nSPS) is 16.7. The Bertz CT molecular complexity index is 1560. The average Bonchev–Trinajstić information content (AvgIpc) is 3.13. The first kappa shape index (κ1) is 28.2. The van der Waals surface area contributed by atoms with E-state index in [9.17, 15) is 17.6 Å². The molecule has 0 saturated carbocycles. The summed E-state index contributed by atoms with van der Waals surface area (Å²) in [6.07, 6.45) is 2.87. The predicted octanol–water partition coefficient (Wildman–Crippen LogP) is 5.96. The largest absolute Gasteiger partial charge is 0.493 e. The van der Waals surface area contributed by atoms with Gasteiger partial charge in [0.05, 0.1) is 23.6 Å². The third kappa shape index (κ3) is 6.44. The number of halogens is 1. The molecule has 8 nitrogen and oxygen atoms in total. The summed E-state index contributed by atoms with van der Waals surface area (Å²) in [6, 6.07) is 11.6. The fraction of sp³-hybridized carbons (Fsp3) is 0.345. The molecule has 0 spiro atoms. The van der Waals surface area contributed by atoms with Crippen LogP contribution in [0.5, 0.6) is 5.75 Å². The molecule has 1 aliphatic carbocycles. The smallest absolute Gasteiger partial charge is 0.281 e. The van der Waals surface area contributed by atoms with E-state index in [0.717, 1.165) is 12.0 Å². The van der Waals surface area contributed by atoms with Gasteiger partial charge in [-0.05, 0) is 65.6 Å². The number of amides is 1. The van der Waals surface area contributed by atoms with E-state index < -0.39 is 21.7 Å². The number of anilines is 1. The third-order valence-corrected chi connectivity index (χ3v) is 7.64. The molecule has 0 saturated heterocycles. The molecular weight excluding hydrogens is 519 g/mol. The molecule has 10 heteroatoms. The molecule has 1 atom stereocenters. The number of nitrogens with zero attached hydrogens (tertiary/aromatic N) is 2. The number of pyridine rings is 2. The Labute approximate surface area is 231 Å². The number of hydrogen-bond acceptors (Lipinski definition) is 7. The Balaban J connectivity index is 0.00000294. The van der Waals surface area contributed by atoms with Crippen molar-refractivity contribution in [2.45, 2.75) is 46.1 Å². The van der Waals surface area contributed by atoms with Crippen molar-refractivity contribution in [3.05, 3.63) is 71.7 Å². The van der Waals surface area contributed by atoms with Crippen LogP contribution in [0.3, 0.4) is 0 Å². The van der Waals surface area contributed by atoms with Gasteiger partial charge in [-0.2, -0.15) is 8.42 Å². The highest BCUT2D eigenvalue weighted by atomic mass is 32.2. The second-order valence-electron chi connectivity index (χ2n) is 11.0. The summed E-state index contributed by atoms with van der Waals surface area (Å²) < 4.78 is 48.2. The minimum atomic E-state index is -4.30. The van der Waals surface area contributed by atoms with Gasteiger partial charge < -0.3 is 10.5 Å². The SMILES string of the molecule is CC(C)COc1cc(F)cc(-c2ccc(C(=O)NS(=O)(=O)c3cccc(N)n3)c(C3=CC(C)CC3(C)C)n2)c1.[HH].[HH]. The number of nitrogens with two attached hydrogens (primary N) is 1. The number of rotatable bonds is 8. The number of sulfonamides is 1. The first-order valence-electron chi connectivity index (χ1n) is 12.7. The van der Waals surface area contributed by atoms with E-state index in [1.807, 2.05) is 33.8 Å². The van der Waals surface area contributed by atoms with Gasteiger partial charge in [-0.1, -0.05) is 46.8 Å². The zero-order valence-corrected chi connectivity index (χ0v) is 23.5. The maximum atomic E-state index is 14.5. The molecule has 0 bridgehead atoms. The number of benzene rings is 1. The van der Waals surface area contributed by atoms with Crippen molar-refractivity contribution in [3.63, 3.8) is 0 Å². The van der Waals surface area contributed by atoms with Crippen LogP contribution in [-0.4, -0.2) is 30.9 Å². The van der Waals surface area contributed by atoms with E-state index in [1.165, 1.54) is 36.4 Å². The maximum Gasteiger partial charge on any atom is 0.281 e. The Kier molecular flexibility index (Phi) is 7.79. The molecule has 2 aromatic heterocycles. The molecule has 1 amide bonds. The highest BCUT2D eigenvalue weighted by Crippen LogP contribution is 2.47. The lowest BCUT2D eigenvalue weighted by molar-refractivity contribution is 0.0980. The molecule has 4 rings (SSSR count).